The van der Waals surface area contributed by atoms with Gasteiger partial charge in [-0.25, -0.2) is 4.98 Å². The SMILES string of the molecule is CCOC(=O)CCN(C)c1cc(C)c([N+](=O)[O-])cn1. The van der Waals surface area contributed by atoms with E-state index in [4.69, 9.17) is 4.74 Å². The van der Waals surface area contributed by atoms with Crippen LogP contribution in [0.4, 0.5) is 11.5 Å². The van der Waals surface area contributed by atoms with Crippen LogP contribution in [-0.2, 0) is 9.53 Å². The quantitative estimate of drug-likeness (QED) is 0.443. The normalized spacial score (nSPS) is 10.1. The van der Waals surface area contributed by atoms with Gasteiger partial charge in [0.15, 0.2) is 0 Å². The van der Waals surface area contributed by atoms with Gasteiger partial charge in [-0.3, -0.25) is 14.9 Å². The monoisotopic (exact) mass is 267 g/mol. The number of hydrogen-bond donors (Lipinski definition) is 0. The fourth-order valence-electron chi connectivity index (χ4n) is 1.54. The van der Waals surface area contributed by atoms with Crippen molar-refractivity contribution in [1.29, 1.82) is 0 Å². The van der Waals surface area contributed by atoms with Crippen LogP contribution in [0.15, 0.2) is 12.3 Å². The molecule has 7 nitrogen and oxygen atoms in total. The second-order valence-electron chi connectivity index (χ2n) is 4.06. The number of carbonyl (C=O) groups excluding carboxylic acids is 1. The molecule has 7 heteroatoms. The standard InChI is InChI=1S/C12H17N3O4/c1-4-19-12(16)5-6-14(3)11-7-9(2)10(8-13-11)15(17)18/h7-8H,4-6H2,1-3H3. The van der Waals surface area contributed by atoms with Crippen molar-refractivity contribution < 1.29 is 14.5 Å². The predicted molar refractivity (Wildman–Crippen MR) is 70.1 cm³/mol. The Bertz CT molecular complexity index is 476. The van der Waals surface area contributed by atoms with Crippen LogP contribution < -0.4 is 4.90 Å². The maximum absolute atomic E-state index is 11.2. The first kappa shape index (κ1) is 14.9. The molecule has 0 aliphatic rings. The van der Waals surface area contributed by atoms with Crippen LogP contribution in [0.3, 0.4) is 0 Å². The summed E-state index contributed by atoms with van der Waals surface area (Å²) in [5.41, 5.74) is 0.528. The van der Waals surface area contributed by atoms with Gasteiger partial charge in [-0.2, -0.15) is 0 Å². The van der Waals surface area contributed by atoms with Crippen LogP contribution in [0.2, 0.25) is 0 Å². The van der Waals surface area contributed by atoms with Gasteiger partial charge in [0.2, 0.25) is 0 Å². The van der Waals surface area contributed by atoms with Gasteiger partial charge in [-0.1, -0.05) is 0 Å². The number of anilines is 1. The van der Waals surface area contributed by atoms with Crippen molar-refractivity contribution in [3.05, 3.63) is 27.9 Å². The molecule has 0 N–H and O–H groups in total. The summed E-state index contributed by atoms with van der Waals surface area (Å²) in [6.07, 6.45) is 1.48. The molecule has 1 aromatic rings. The lowest BCUT2D eigenvalue weighted by molar-refractivity contribution is -0.385. The number of nitro groups is 1. The van der Waals surface area contributed by atoms with Crippen molar-refractivity contribution >= 4 is 17.5 Å². The summed E-state index contributed by atoms with van der Waals surface area (Å²) in [5.74, 6) is 0.320. The highest BCUT2D eigenvalue weighted by atomic mass is 16.6. The summed E-state index contributed by atoms with van der Waals surface area (Å²) in [5, 5.41) is 10.7. The number of nitrogens with zero attached hydrogens (tertiary/aromatic N) is 3. The van der Waals surface area contributed by atoms with Crippen LogP contribution in [0.1, 0.15) is 18.9 Å². The fourth-order valence-corrected chi connectivity index (χ4v) is 1.54. The summed E-state index contributed by atoms with van der Waals surface area (Å²) in [6.45, 7) is 4.21. The lowest BCUT2D eigenvalue weighted by Gasteiger charge is -2.17. The molecule has 1 heterocycles. The zero-order chi connectivity index (χ0) is 14.4. The minimum atomic E-state index is -0.468. The first-order valence-electron chi connectivity index (χ1n) is 5.93. The number of carbonyl (C=O) groups is 1. The molecule has 0 aromatic carbocycles. The van der Waals surface area contributed by atoms with E-state index in [0.717, 1.165) is 0 Å². The molecule has 1 rings (SSSR count). The van der Waals surface area contributed by atoms with Crippen LogP contribution in [-0.4, -0.2) is 36.1 Å². The van der Waals surface area contributed by atoms with Crippen molar-refractivity contribution in [1.82, 2.24) is 4.98 Å². The zero-order valence-corrected chi connectivity index (χ0v) is 11.3. The van der Waals surface area contributed by atoms with Gasteiger partial charge in [-0.15, -0.1) is 0 Å². The van der Waals surface area contributed by atoms with Gasteiger partial charge in [0, 0.05) is 19.2 Å². The number of aryl methyl sites for hydroxylation is 1. The topological polar surface area (TPSA) is 85.6 Å². The molecule has 0 spiro atoms. The van der Waals surface area contributed by atoms with Crippen LogP contribution >= 0.6 is 0 Å². The third kappa shape index (κ3) is 4.20. The second kappa shape index (κ2) is 6.67. The highest BCUT2D eigenvalue weighted by Gasteiger charge is 2.14. The lowest BCUT2D eigenvalue weighted by Crippen LogP contribution is -2.23. The molecule has 19 heavy (non-hydrogen) atoms. The van der Waals surface area contributed by atoms with Crippen molar-refractivity contribution in [2.24, 2.45) is 0 Å². The van der Waals surface area contributed by atoms with E-state index >= 15 is 0 Å². The molecular weight excluding hydrogens is 250 g/mol. The first-order chi connectivity index (χ1) is 8.95. The van der Waals surface area contributed by atoms with E-state index in [2.05, 4.69) is 4.98 Å². The third-order valence-corrected chi connectivity index (χ3v) is 2.61. The fraction of sp³-hybridized carbons (Fsp3) is 0.500. The molecule has 0 aliphatic carbocycles. The van der Waals surface area contributed by atoms with Gasteiger partial charge in [0.1, 0.15) is 12.0 Å². The van der Waals surface area contributed by atoms with E-state index in [0.29, 0.717) is 24.5 Å². The van der Waals surface area contributed by atoms with E-state index in [1.807, 2.05) is 0 Å². The number of rotatable bonds is 6. The van der Waals surface area contributed by atoms with Crippen molar-refractivity contribution in [2.75, 3.05) is 25.1 Å². The maximum atomic E-state index is 11.2. The molecular formula is C12H17N3O4. The number of ether oxygens (including phenoxy) is 1. The molecule has 0 saturated carbocycles. The van der Waals surface area contributed by atoms with Crippen LogP contribution in [0.25, 0.3) is 0 Å². The molecule has 1 aromatic heterocycles. The zero-order valence-electron chi connectivity index (χ0n) is 11.3. The molecule has 0 amide bonds. The Hall–Kier alpha value is -2.18. The summed E-state index contributed by atoms with van der Waals surface area (Å²) in [6, 6.07) is 1.63. The average Bonchev–Trinajstić information content (AvgIpc) is 2.35. The predicted octanol–water partition coefficient (Wildman–Crippen LogP) is 1.69. The van der Waals surface area contributed by atoms with E-state index in [9.17, 15) is 14.9 Å². The molecule has 0 aliphatic heterocycles. The van der Waals surface area contributed by atoms with Gasteiger partial charge >= 0.3 is 5.97 Å². The Kier molecular flexibility index (Phi) is 5.23. The molecule has 0 radical (unpaired) electrons. The van der Waals surface area contributed by atoms with E-state index in [-0.39, 0.29) is 18.1 Å². The number of hydrogen-bond acceptors (Lipinski definition) is 6. The number of esters is 1. The molecule has 0 unspecified atom stereocenters. The molecule has 104 valence electrons. The molecule has 0 fully saturated rings. The third-order valence-electron chi connectivity index (χ3n) is 2.61. The first-order valence-corrected chi connectivity index (χ1v) is 5.93. The van der Waals surface area contributed by atoms with Crippen LogP contribution in [0, 0.1) is 17.0 Å². The van der Waals surface area contributed by atoms with E-state index < -0.39 is 4.92 Å². The second-order valence-corrected chi connectivity index (χ2v) is 4.06. The smallest absolute Gasteiger partial charge is 0.307 e. The van der Waals surface area contributed by atoms with Gasteiger partial charge in [-0.05, 0) is 19.9 Å². The summed E-state index contributed by atoms with van der Waals surface area (Å²) >= 11 is 0. The Morgan fingerprint density at radius 2 is 2.26 bits per heavy atom. The largest absolute Gasteiger partial charge is 0.466 e. The van der Waals surface area contributed by atoms with Crippen molar-refractivity contribution in [3.8, 4) is 0 Å². The molecule has 0 bridgehead atoms. The Balaban J connectivity index is 2.67. The van der Waals surface area contributed by atoms with Crippen molar-refractivity contribution in [3.63, 3.8) is 0 Å². The Morgan fingerprint density at radius 3 is 2.79 bits per heavy atom. The minimum absolute atomic E-state index is 0.0115. The Labute approximate surface area is 111 Å². The lowest BCUT2D eigenvalue weighted by atomic mass is 10.2. The van der Waals surface area contributed by atoms with E-state index in [1.54, 1.807) is 31.9 Å². The van der Waals surface area contributed by atoms with Crippen molar-refractivity contribution in [2.45, 2.75) is 20.3 Å². The summed E-state index contributed by atoms with van der Waals surface area (Å²) in [7, 11) is 1.77. The number of aromatic nitrogens is 1. The van der Waals surface area contributed by atoms with E-state index in [1.165, 1.54) is 6.20 Å². The van der Waals surface area contributed by atoms with Gasteiger partial charge < -0.3 is 9.64 Å². The minimum Gasteiger partial charge on any atom is -0.466 e. The van der Waals surface area contributed by atoms with Crippen LogP contribution in [0.5, 0.6) is 0 Å². The number of pyridine rings is 1. The van der Waals surface area contributed by atoms with Gasteiger partial charge in [0.25, 0.3) is 5.69 Å². The molecule has 0 saturated heterocycles. The molecule has 0 atom stereocenters. The highest BCUT2D eigenvalue weighted by molar-refractivity contribution is 5.70. The van der Waals surface area contributed by atoms with Gasteiger partial charge in [0.05, 0.1) is 18.0 Å². The average molecular weight is 267 g/mol. The Morgan fingerprint density at radius 1 is 1.58 bits per heavy atom. The maximum Gasteiger partial charge on any atom is 0.307 e. The summed E-state index contributed by atoms with van der Waals surface area (Å²) < 4.78 is 4.83. The highest BCUT2D eigenvalue weighted by Crippen LogP contribution is 2.20. The summed E-state index contributed by atoms with van der Waals surface area (Å²) in [4.78, 5) is 27.2.